The highest BCUT2D eigenvalue weighted by Gasteiger charge is 2.07. The highest BCUT2D eigenvalue weighted by molar-refractivity contribution is 5.64. The lowest BCUT2D eigenvalue weighted by Crippen LogP contribution is -1.97. The molecule has 2 rings (SSSR count). The molecule has 0 spiro atoms. The fraction of sp³-hybridized carbons (Fsp3) is 0.154. The molecular formula is C13H12N4O2. The first kappa shape index (κ1) is 12.6. The number of benzene rings is 1. The van der Waals surface area contributed by atoms with Crippen molar-refractivity contribution >= 4 is 5.95 Å². The minimum atomic E-state index is 0.259. The minimum Gasteiger partial charge on any atom is -0.493 e. The SMILES string of the molecule is COc1ccc(-c2ccnc(NC#N)n2)cc1OC. The number of ether oxygens (including phenoxy) is 2. The van der Waals surface area contributed by atoms with Crippen LogP contribution in [0.25, 0.3) is 11.3 Å². The second-order valence-corrected chi connectivity index (χ2v) is 3.57. The summed E-state index contributed by atoms with van der Waals surface area (Å²) >= 11 is 0. The van der Waals surface area contributed by atoms with E-state index in [-0.39, 0.29) is 5.95 Å². The average Bonchev–Trinajstić information content (AvgIpc) is 2.47. The maximum absolute atomic E-state index is 8.55. The lowest BCUT2D eigenvalue weighted by Gasteiger charge is -2.09. The predicted octanol–water partition coefficient (Wildman–Crippen LogP) is 2.05. The van der Waals surface area contributed by atoms with E-state index in [0.717, 1.165) is 5.56 Å². The zero-order valence-electron chi connectivity index (χ0n) is 10.5. The molecule has 6 nitrogen and oxygen atoms in total. The van der Waals surface area contributed by atoms with E-state index in [1.807, 2.05) is 12.1 Å². The largest absolute Gasteiger partial charge is 0.493 e. The van der Waals surface area contributed by atoms with Crippen LogP contribution in [0.4, 0.5) is 5.95 Å². The van der Waals surface area contributed by atoms with Crippen molar-refractivity contribution in [2.45, 2.75) is 0 Å². The molecule has 0 atom stereocenters. The maximum Gasteiger partial charge on any atom is 0.236 e. The number of anilines is 1. The van der Waals surface area contributed by atoms with Gasteiger partial charge in [-0.05, 0) is 24.3 Å². The number of aromatic nitrogens is 2. The quantitative estimate of drug-likeness (QED) is 0.666. The third-order valence-electron chi connectivity index (χ3n) is 2.50. The molecule has 1 heterocycles. The van der Waals surface area contributed by atoms with E-state index < -0.39 is 0 Å². The summed E-state index contributed by atoms with van der Waals surface area (Å²) < 4.78 is 10.4. The van der Waals surface area contributed by atoms with Crippen LogP contribution in [0, 0.1) is 11.5 Å². The Hall–Kier alpha value is -2.81. The van der Waals surface area contributed by atoms with Crippen LogP contribution in [0.1, 0.15) is 0 Å². The number of methoxy groups -OCH3 is 2. The molecular weight excluding hydrogens is 244 g/mol. The van der Waals surface area contributed by atoms with E-state index in [1.54, 1.807) is 38.7 Å². The van der Waals surface area contributed by atoms with Gasteiger partial charge in [0.1, 0.15) is 0 Å². The van der Waals surface area contributed by atoms with Gasteiger partial charge in [-0.15, -0.1) is 0 Å². The number of rotatable bonds is 4. The number of nitriles is 1. The van der Waals surface area contributed by atoms with Gasteiger partial charge >= 0.3 is 0 Å². The van der Waals surface area contributed by atoms with Crippen LogP contribution in [0.3, 0.4) is 0 Å². The summed E-state index contributed by atoms with van der Waals surface area (Å²) in [5.41, 5.74) is 1.54. The van der Waals surface area contributed by atoms with Crippen LogP contribution < -0.4 is 14.8 Å². The molecule has 1 aromatic heterocycles. The van der Waals surface area contributed by atoms with Gasteiger partial charge in [-0.1, -0.05) is 0 Å². The van der Waals surface area contributed by atoms with Crippen molar-refractivity contribution in [3.8, 4) is 28.9 Å². The van der Waals surface area contributed by atoms with Crippen LogP contribution in [-0.4, -0.2) is 24.2 Å². The number of hydrogen-bond acceptors (Lipinski definition) is 6. The fourth-order valence-electron chi connectivity index (χ4n) is 1.63. The van der Waals surface area contributed by atoms with E-state index in [2.05, 4.69) is 15.3 Å². The summed E-state index contributed by atoms with van der Waals surface area (Å²) in [4.78, 5) is 8.15. The molecule has 1 aromatic carbocycles. The summed E-state index contributed by atoms with van der Waals surface area (Å²) in [7, 11) is 3.15. The molecule has 2 aromatic rings. The van der Waals surface area contributed by atoms with Crippen molar-refractivity contribution in [3.63, 3.8) is 0 Å². The van der Waals surface area contributed by atoms with Crippen molar-refractivity contribution in [2.24, 2.45) is 0 Å². The standard InChI is InChI=1S/C13H12N4O2/c1-18-11-4-3-9(7-12(11)19-2)10-5-6-15-13(17-10)16-8-14/h3-7H,1-2H3,(H,15,16,17). The van der Waals surface area contributed by atoms with Gasteiger partial charge in [-0.2, -0.15) is 5.26 Å². The average molecular weight is 256 g/mol. The van der Waals surface area contributed by atoms with Crippen LogP contribution in [0.15, 0.2) is 30.5 Å². The Morgan fingerprint density at radius 1 is 1.16 bits per heavy atom. The van der Waals surface area contributed by atoms with E-state index in [1.165, 1.54) is 0 Å². The van der Waals surface area contributed by atoms with Gasteiger partial charge in [0.25, 0.3) is 0 Å². The first-order valence-electron chi connectivity index (χ1n) is 5.49. The van der Waals surface area contributed by atoms with Crippen molar-refractivity contribution in [3.05, 3.63) is 30.5 Å². The normalized spacial score (nSPS) is 9.53. The highest BCUT2D eigenvalue weighted by atomic mass is 16.5. The van der Waals surface area contributed by atoms with Gasteiger partial charge in [0.05, 0.1) is 19.9 Å². The number of nitrogens with zero attached hydrogens (tertiary/aromatic N) is 3. The second-order valence-electron chi connectivity index (χ2n) is 3.57. The second kappa shape index (κ2) is 5.69. The Morgan fingerprint density at radius 2 is 1.95 bits per heavy atom. The van der Waals surface area contributed by atoms with Gasteiger partial charge < -0.3 is 9.47 Å². The molecule has 0 amide bonds. The predicted molar refractivity (Wildman–Crippen MR) is 69.8 cm³/mol. The van der Waals surface area contributed by atoms with E-state index in [4.69, 9.17) is 14.7 Å². The molecule has 0 aliphatic rings. The maximum atomic E-state index is 8.55. The van der Waals surface area contributed by atoms with Gasteiger partial charge in [0, 0.05) is 11.8 Å². The molecule has 1 N–H and O–H groups in total. The molecule has 0 radical (unpaired) electrons. The van der Waals surface area contributed by atoms with E-state index in [0.29, 0.717) is 17.2 Å². The monoisotopic (exact) mass is 256 g/mol. The van der Waals surface area contributed by atoms with Crippen molar-refractivity contribution < 1.29 is 9.47 Å². The summed E-state index contributed by atoms with van der Waals surface area (Å²) in [6.45, 7) is 0. The number of nitrogens with one attached hydrogen (secondary N) is 1. The Balaban J connectivity index is 2.41. The number of hydrogen-bond donors (Lipinski definition) is 1. The molecule has 0 bridgehead atoms. The highest BCUT2D eigenvalue weighted by Crippen LogP contribution is 2.31. The third kappa shape index (κ3) is 2.72. The smallest absolute Gasteiger partial charge is 0.236 e. The molecule has 6 heteroatoms. The molecule has 0 aliphatic carbocycles. The summed E-state index contributed by atoms with van der Waals surface area (Å²) in [5, 5.41) is 11.0. The van der Waals surface area contributed by atoms with Gasteiger partial charge in [0.15, 0.2) is 17.7 Å². The molecule has 96 valence electrons. The van der Waals surface area contributed by atoms with Crippen molar-refractivity contribution in [2.75, 3.05) is 19.5 Å². The first-order chi connectivity index (χ1) is 9.28. The summed E-state index contributed by atoms with van der Waals surface area (Å²) in [5.74, 6) is 1.53. The minimum absolute atomic E-state index is 0.259. The van der Waals surface area contributed by atoms with E-state index >= 15 is 0 Å². The van der Waals surface area contributed by atoms with Crippen LogP contribution in [0.2, 0.25) is 0 Å². The molecule has 0 fully saturated rings. The Morgan fingerprint density at radius 3 is 2.63 bits per heavy atom. The van der Waals surface area contributed by atoms with Crippen LogP contribution >= 0.6 is 0 Å². The molecule has 0 unspecified atom stereocenters. The summed E-state index contributed by atoms with van der Waals surface area (Å²) in [6.07, 6.45) is 3.37. The topological polar surface area (TPSA) is 80.1 Å². The van der Waals surface area contributed by atoms with Crippen molar-refractivity contribution in [1.29, 1.82) is 5.26 Å². The Kier molecular flexibility index (Phi) is 3.78. The Bertz CT molecular complexity index is 622. The molecule has 19 heavy (non-hydrogen) atoms. The zero-order valence-corrected chi connectivity index (χ0v) is 10.5. The molecule has 0 saturated carbocycles. The van der Waals surface area contributed by atoms with Crippen LogP contribution in [0.5, 0.6) is 11.5 Å². The fourth-order valence-corrected chi connectivity index (χ4v) is 1.63. The third-order valence-corrected chi connectivity index (χ3v) is 2.50. The van der Waals surface area contributed by atoms with Gasteiger partial charge in [0.2, 0.25) is 5.95 Å². The lowest BCUT2D eigenvalue weighted by atomic mass is 10.1. The van der Waals surface area contributed by atoms with Gasteiger partial charge in [-0.25, -0.2) is 9.97 Å². The molecule has 0 saturated heterocycles. The van der Waals surface area contributed by atoms with Crippen molar-refractivity contribution in [1.82, 2.24) is 9.97 Å². The van der Waals surface area contributed by atoms with Gasteiger partial charge in [-0.3, -0.25) is 5.32 Å². The van der Waals surface area contributed by atoms with E-state index in [9.17, 15) is 0 Å². The summed E-state index contributed by atoms with van der Waals surface area (Å²) in [6, 6.07) is 7.23. The Labute approximate surface area is 110 Å². The lowest BCUT2D eigenvalue weighted by molar-refractivity contribution is 0.355. The van der Waals surface area contributed by atoms with Crippen LogP contribution in [-0.2, 0) is 0 Å². The first-order valence-corrected chi connectivity index (χ1v) is 5.49. The zero-order chi connectivity index (χ0) is 13.7. The molecule has 0 aliphatic heterocycles.